The van der Waals surface area contributed by atoms with Crippen molar-refractivity contribution in [1.82, 2.24) is 15.1 Å². The summed E-state index contributed by atoms with van der Waals surface area (Å²) in [4.78, 5) is 25.2. The van der Waals surface area contributed by atoms with Gasteiger partial charge in [0.05, 0.1) is 29.2 Å². The molecule has 3 aromatic rings. The number of carbonyl (C=O) groups excluding carboxylic acids is 1. The zero-order valence-electron chi connectivity index (χ0n) is 16.4. The van der Waals surface area contributed by atoms with Crippen LogP contribution < -0.4 is 4.74 Å². The zero-order chi connectivity index (χ0) is 21.7. The van der Waals surface area contributed by atoms with Crippen molar-refractivity contribution in [2.75, 3.05) is 13.7 Å². The maximum Gasteiger partial charge on any atom is 0.311 e. The number of hydrogen-bond acceptors (Lipinski definition) is 7. The van der Waals surface area contributed by atoms with Gasteiger partial charge in [0.2, 0.25) is 11.8 Å². The van der Waals surface area contributed by atoms with Crippen molar-refractivity contribution >= 4 is 23.2 Å². The van der Waals surface area contributed by atoms with E-state index >= 15 is 0 Å². The van der Waals surface area contributed by atoms with Crippen LogP contribution in [0.15, 0.2) is 46.9 Å². The van der Waals surface area contributed by atoms with Crippen LogP contribution in [0.2, 0.25) is 5.02 Å². The molecule has 0 aliphatic carbocycles. The summed E-state index contributed by atoms with van der Waals surface area (Å²) in [5.41, 5.74) is 0.484. The average Bonchev–Trinajstić information content (AvgIpc) is 3.21. The molecule has 0 aliphatic rings. The molecule has 0 N–H and O–H groups in total. The summed E-state index contributed by atoms with van der Waals surface area (Å²) >= 11 is 6.16. The van der Waals surface area contributed by atoms with Crippen LogP contribution in [0.1, 0.15) is 29.6 Å². The number of amides is 1. The Morgan fingerprint density at radius 1 is 1.27 bits per heavy atom. The number of halogens is 1. The summed E-state index contributed by atoms with van der Waals surface area (Å²) in [6.07, 6.45) is 0.676. The molecule has 3 rings (SSSR count). The van der Waals surface area contributed by atoms with Gasteiger partial charge < -0.3 is 14.1 Å². The lowest BCUT2D eigenvalue weighted by Gasteiger charge is -2.20. The molecule has 0 bridgehead atoms. The lowest BCUT2D eigenvalue weighted by atomic mass is 10.1. The van der Waals surface area contributed by atoms with Crippen LogP contribution in [0.3, 0.4) is 0 Å². The number of nitro groups is 1. The smallest absolute Gasteiger partial charge is 0.311 e. The number of nitrogens with zero attached hydrogens (tertiary/aromatic N) is 4. The predicted octanol–water partition coefficient (Wildman–Crippen LogP) is 4.36. The van der Waals surface area contributed by atoms with E-state index in [2.05, 4.69) is 10.2 Å². The lowest BCUT2D eigenvalue weighted by Crippen LogP contribution is -2.31. The van der Waals surface area contributed by atoms with E-state index in [0.29, 0.717) is 23.6 Å². The van der Waals surface area contributed by atoms with Gasteiger partial charge in [-0.1, -0.05) is 30.7 Å². The van der Waals surface area contributed by atoms with Crippen LogP contribution in [-0.2, 0) is 6.54 Å². The SMILES string of the molecule is CCCN(Cc1nnc(-c2ccccc2Cl)o1)C(=O)c1ccc(OC)c([N+](=O)[O-])c1. The molecule has 0 unspecified atom stereocenters. The fourth-order valence-corrected chi connectivity index (χ4v) is 3.11. The molecular formula is C20H19ClN4O5. The number of hydrogen-bond donors (Lipinski definition) is 0. The summed E-state index contributed by atoms with van der Waals surface area (Å²) in [6, 6.07) is 11.1. The largest absolute Gasteiger partial charge is 0.490 e. The number of carbonyl (C=O) groups is 1. The van der Waals surface area contributed by atoms with Crippen molar-refractivity contribution in [3.8, 4) is 17.2 Å². The molecule has 1 amide bonds. The molecule has 30 heavy (non-hydrogen) atoms. The molecule has 2 aromatic carbocycles. The summed E-state index contributed by atoms with van der Waals surface area (Å²) in [7, 11) is 1.33. The lowest BCUT2D eigenvalue weighted by molar-refractivity contribution is -0.385. The van der Waals surface area contributed by atoms with Crippen LogP contribution in [0.4, 0.5) is 5.69 Å². The highest BCUT2D eigenvalue weighted by Gasteiger charge is 2.23. The Hall–Kier alpha value is -3.46. The molecule has 156 valence electrons. The molecular weight excluding hydrogens is 412 g/mol. The first-order chi connectivity index (χ1) is 14.4. The second-order valence-corrected chi connectivity index (χ2v) is 6.76. The van der Waals surface area contributed by atoms with E-state index in [9.17, 15) is 14.9 Å². The Bertz CT molecular complexity index is 1070. The molecule has 9 nitrogen and oxygen atoms in total. The van der Waals surface area contributed by atoms with E-state index in [0.717, 1.165) is 0 Å². The van der Waals surface area contributed by atoms with E-state index in [1.807, 2.05) is 6.92 Å². The van der Waals surface area contributed by atoms with E-state index in [4.69, 9.17) is 20.8 Å². The highest BCUT2D eigenvalue weighted by Crippen LogP contribution is 2.29. The van der Waals surface area contributed by atoms with Crippen LogP contribution in [0.5, 0.6) is 5.75 Å². The van der Waals surface area contributed by atoms with Crippen LogP contribution in [0.25, 0.3) is 11.5 Å². The first-order valence-corrected chi connectivity index (χ1v) is 9.51. The predicted molar refractivity (Wildman–Crippen MR) is 109 cm³/mol. The van der Waals surface area contributed by atoms with Gasteiger partial charge in [0, 0.05) is 18.2 Å². The monoisotopic (exact) mass is 430 g/mol. The number of methoxy groups -OCH3 is 1. The third-order valence-electron chi connectivity index (χ3n) is 4.30. The Balaban J connectivity index is 1.85. The molecule has 0 aliphatic heterocycles. The second kappa shape index (κ2) is 9.36. The summed E-state index contributed by atoms with van der Waals surface area (Å²) in [6.45, 7) is 2.38. The van der Waals surface area contributed by atoms with Gasteiger partial charge in [-0.25, -0.2) is 0 Å². The molecule has 0 radical (unpaired) electrons. The number of aromatic nitrogens is 2. The highest BCUT2D eigenvalue weighted by atomic mass is 35.5. The van der Waals surface area contributed by atoms with Crippen molar-refractivity contribution in [2.45, 2.75) is 19.9 Å². The van der Waals surface area contributed by atoms with Gasteiger partial charge >= 0.3 is 5.69 Å². The van der Waals surface area contributed by atoms with Gasteiger partial charge in [-0.05, 0) is 30.7 Å². The standard InChI is InChI=1S/C20H19ClN4O5/c1-3-10-24(20(26)13-8-9-17(29-2)16(11-13)25(27)28)12-18-22-23-19(30-18)14-6-4-5-7-15(14)21/h4-9,11H,3,10,12H2,1-2H3. The van der Waals surface area contributed by atoms with Crippen molar-refractivity contribution < 1.29 is 18.9 Å². The van der Waals surface area contributed by atoms with Crippen molar-refractivity contribution in [3.63, 3.8) is 0 Å². The summed E-state index contributed by atoms with van der Waals surface area (Å²) < 4.78 is 10.7. The number of ether oxygens (including phenoxy) is 1. The minimum atomic E-state index is -0.590. The fraction of sp³-hybridized carbons (Fsp3) is 0.250. The first-order valence-electron chi connectivity index (χ1n) is 9.13. The topological polar surface area (TPSA) is 112 Å². The van der Waals surface area contributed by atoms with E-state index < -0.39 is 4.92 Å². The van der Waals surface area contributed by atoms with Gasteiger partial charge in [0.25, 0.3) is 5.91 Å². The molecule has 1 heterocycles. The fourth-order valence-electron chi connectivity index (χ4n) is 2.89. The van der Waals surface area contributed by atoms with Crippen LogP contribution >= 0.6 is 11.6 Å². The maximum absolute atomic E-state index is 13.0. The van der Waals surface area contributed by atoms with Crippen molar-refractivity contribution in [3.05, 3.63) is 69.1 Å². The molecule has 1 aromatic heterocycles. The Morgan fingerprint density at radius 3 is 2.70 bits per heavy atom. The second-order valence-electron chi connectivity index (χ2n) is 6.35. The zero-order valence-corrected chi connectivity index (χ0v) is 17.1. The Labute approximate surface area is 177 Å². The van der Waals surface area contributed by atoms with Crippen LogP contribution in [0, 0.1) is 10.1 Å². The van der Waals surface area contributed by atoms with Gasteiger partial charge in [-0.15, -0.1) is 10.2 Å². The third-order valence-corrected chi connectivity index (χ3v) is 4.63. The molecule has 0 saturated carbocycles. The van der Waals surface area contributed by atoms with E-state index in [-0.39, 0.29) is 41.2 Å². The number of benzene rings is 2. The molecule has 0 atom stereocenters. The van der Waals surface area contributed by atoms with Gasteiger partial charge in [-0.2, -0.15) is 0 Å². The third kappa shape index (κ3) is 4.57. The number of rotatable bonds is 8. The van der Waals surface area contributed by atoms with Crippen LogP contribution in [-0.4, -0.2) is 39.6 Å². The van der Waals surface area contributed by atoms with E-state index in [1.165, 1.54) is 30.2 Å². The van der Waals surface area contributed by atoms with Crippen molar-refractivity contribution in [2.24, 2.45) is 0 Å². The molecule has 10 heteroatoms. The minimum absolute atomic E-state index is 0.0595. The molecule has 0 fully saturated rings. The number of nitro benzene ring substituents is 1. The Morgan fingerprint density at radius 2 is 2.03 bits per heavy atom. The van der Waals surface area contributed by atoms with Gasteiger partial charge in [-0.3, -0.25) is 14.9 Å². The minimum Gasteiger partial charge on any atom is -0.490 e. The summed E-state index contributed by atoms with van der Waals surface area (Å²) in [5.74, 6) is 0.175. The average molecular weight is 431 g/mol. The quantitative estimate of drug-likeness (QED) is 0.385. The summed E-state index contributed by atoms with van der Waals surface area (Å²) in [5, 5.41) is 19.8. The molecule has 0 spiro atoms. The normalized spacial score (nSPS) is 10.6. The van der Waals surface area contributed by atoms with Crippen molar-refractivity contribution in [1.29, 1.82) is 0 Å². The molecule has 0 saturated heterocycles. The maximum atomic E-state index is 13.0. The van der Waals surface area contributed by atoms with E-state index in [1.54, 1.807) is 24.3 Å². The van der Waals surface area contributed by atoms with Gasteiger partial charge in [0.1, 0.15) is 0 Å². The first kappa shape index (κ1) is 21.3. The van der Waals surface area contributed by atoms with Gasteiger partial charge in [0.15, 0.2) is 5.75 Å². The Kier molecular flexibility index (Phi) is 6.63. The highest BCUT2D eigenvalue weighted by molar-refractivity contribution is 6.33.